The van der Waals surface area contributed by atoms with Crippen LogP contribution in [0.15, 0.2) is 29.1 Å². The number of hydrogen-bond acceptors (Lipinski definition) is 6. The minimum atomic E-state index is -1.55. The highest BCUT2D eigenvalue weighted by Gasteiger charge is 2.35. The van der Waals surface area contributed by atoms with Crippen LogP contribution < -0.4 is 5.56 Å². The molecule has 118 valence electrons. The molecule has 23 heavy (non-hydrogen) atoms. The zero-order valence-electron chi connectivity index (χ0n) is 12.5. The van der Waals surface area contributed by atoms with Gasteiger partial charge in [0.05, 0.1) is 28.7 Å². The van der Waals surface area contributed by atoms with Crippen LogP contribution in [-0.2, 0) is 16.6 Å². The molecule has 0 saturated carbocycles. The number of carbonyl (C=O) groups excluding carboxylic acids is 1. The van der Waals surface area contributed by atoms with Gasteiger partial charge in [-0.25, -0.2) is 0 Å². The Morgan fingerprint density at radius 3 is 2.70 bits per heavy atom. The Kier molecular flexibility index (Phi) is 4.41. The van der Waals surface area contributed by atoms with Crippen molar-refractivity contribution in [3.8, 4) is 6.07 Å². The van der Waals surface area contributed by atoms with Crippen molar-refractivity contribution in [2.75, 3.05) is 6.61 Å². The molecule has 0 aliphatic carbocycles. The zero-order valence-corrected chi connectivity index (χ0v) is 12.5. The second-order valence-corrected chi connectivity index (χ2v) is 4.71. The summed E-state index contributed by atoms with van der Waals surface area (Å²) in [5, 5.41) is 21.0. The summed E-state index contributed by atoms with van der Waals surface area (Å²) >= 11 is 0. The standard InChI is InChI=1S/C15H13N3O5/c1-3-23-15(20)10(8-16)12-9-6-4-5-7-11(9)17(2)14(19)13(12)18(21)22/h4-7,10H,3H2,1-2H3/t10-/m1/s1. The van der Waals surface area contributed by atoms with E-state index in [1.807, 2.05) is 0 Å². The summed E-state index contributed by atoms with van der Waals surface area (Å²) in [4.78, 5) is 34.8. The van der Waals surface area contributed by atoms with E-state index in [2.05, 4.69) is 0 Å². The van der Waals surface area contributed by atoms with Crippen LogP contribution in [0.4, 0.5) is 5.69 Å². The van der Waals surface area contributed by atoms with E-state index in [0.717, 1.165) is 4.57 Å². The molecule has 8 nitrogen and oxygen atoms in total. The minimum absolute atomic E-state index is 0.0214. The topological polar surface area (TPSA) is 115 Å². The number of ether oxygens (including phenoxy) is 1. The number of aromatic nitrogens is 1. The normalized spacial score (nSPS) is 11.7. The summed E-state index contributed by atoms with van der Waals surface area (Å²) in [6.07, 6.45) is 0. The Morgan fingerprint density at radius 1 is 1.48 bits per heavy atom. The number of pyridine rings is 1. The zero-order chi connectivity index (χ0) is 17.1. The molecule has 0 bridgehead atoms. The third-order valence-electron chi connectivity index (χ3n) is 3.44. The molecule has 0 aliphatic rings. The number of nitrogens with zero attached hydrogens (tertiary/aromatic N) is 3. The average Bonchev–Trinajstić information content (AvgIpc) is 2.52. The first-order valence-electron chi connectivity index (χ1n) is 6.76. The summed E-state index contributed by atoms with van der Waals surface area (Å²) in [5.41, 5.74) is -1.50. The third-order valence-corrected chi connectivity index (χ3v) is 3.44. The Labute approximate surface area is 130 Å². The minimum Gasteiger partial charge on any atom is -0.465 e. The smallest absolute Gasteiger partial charge is 0.339 e. The number of fused-ring (bicyclic) bond motifs is 1. The van der Waals surface area contributed by atoms with Crippen LogP contribution in [0.3, 0.4) is 0 Å². The van der Waals surface area contributed by atoms with E-state index in [9.17, 15) is 25.0 Å². The fourth-order valence-corrected chi connectivity index (χ4v) is 2.43. The Morgan fingerprint density at radius 2 is 2.13 bits per heavy atom. The van der Waals surface area contributed by atoms with E-state index < -0.39 is 28.1 Å². The number of rotatable bonds is 4. The molecule has 0 amide bonds. The van der Waals surface area contributed by atoms with Gasteiger partial charge < -0.3 is 9.30 Å². The highest BCUT2D eigenvalue weighted by Crippen LogP contribution is 2.31. The number of carbonyl (C=O) groups is 1. The van der Waals surface area contributed by atoms with Crippen molar-refractivity contribution in [3.63, 3.8) is 0 Å². The summed E-state index contributed by atoms with van der Waals surface area (Å²) in [5.74, 6) is -2.47. The fourth-order valence-electron chi connectivity index (χ4n) is 2.43. The van der Waals surface area contributed by atoms with Gasteiger partial charge in [0, 0.05) is 12.4 Å². The van der Waals surface area contributed by atoms with E-state index in [1.165, 1.54) is 13.1 Å². The molecule has 0 aliphatic heterocycles. The van der Waals surface area contributed by atoms with E-state index in [-0.39, 0.29) is 12.2 Å². The number of hydrogen-bond donors (Lipinski definition) is 0. The van der Waals surface area contributed by atoms with Crippen molar-refractivity contribution >= 4 is 22.6 Å². The highest BCUT2D eigenvalue weighted by atomic mass is 16.6. The van der Waals surface area contributed by atoms with Crippen molar-refractivity contribution in [3.05, 3.63) is 50.3 Å². The van der Waals surface area contributed by atoms with Crippen LogP contribution in [0.1, 0.15) is 18.4 Å². The number of esters is 1. The molecule has 1 heterocycles. The van der Waals surface area contributed by atoms with Crippen LogP contribution in [-0.4, -0.2) is 22.1 Å². The molecule has 2 aromatic rings. The molecule has 1 atom stereocenters. The molecule has 8 heteroatoms. The Hall–Kier alpha value is -3.21. The van der Waals surface area contributed by atoms with Crippen molar-refractivity contribution < 1.29 is 14.5 Å². The van der Waals surface area contributed by atoms with Gasteiger partial charge in [0.15, 0.2) is 5.92 Å². The summed E-state index contributed by atoms with van der Waals surface area (Å²) in [6, 6.07) is 8.09. The van der Waals surface area contributed by atoms with Gasteiger partial charge in [-0.1, -0.05) is 18.2 Å². The molecule has 2 rings (SSSR count). The third kappa shape index (κ3) is 2.64. The molecular formula is C15H13N3O5. The van der Waals surface area contributed by atoms with Crippen molar-refractivity contribution in [2.45, 2.75) is 12.8 Å². The van der Waals surface area contributed by atoms with Gasteiger partial charge >= 0.3 is 17.2 Å². The van der Waals surface area contributed by atoms with Gasteiger partial charge in [0.1, 0.15) is 0 Å². The molecule has 0 radical (unpaired) electrons. The monoisotopic (exact) mass is 315 g/mol. The van der Waals surface area contributed by atoms with E-state index in [4.69, 9.17) is 4.74 Å². The number of nitro groups is 1. The van der Waals surface area contributed by atoms with Gasteiger partial charge in [0.25, 0.3) is 0 Å². The molecule has 0 saturated heterocycles. The molecule has 0 fully saturated rings. The van der Waals surface area contributed by atoms with Gasteiger partial charge in [-0.3, -0.25) is 19.7 Å². The van der Waals surface area contributed by atoms with Crippen LogP contribution >= 0.6 is 0 Å². The second kappa shape index (κ2) is 6.27. The van der Waals surface area contributed by atoms with Crippen molar-refractivity contribution in [1.82, 2.24) is 4.57 Å². The number of benzene rings is 1. The first kappa shape index (κ1) is 16.2. The van der Waals surface area contributed by atoms with Gasteiger partial charge in [-0.2, -0.15) is 5.26 Å². The summed E-state index contributed by atoms with van der Waals surface area (Å²) < 4.78 is 5.93. The highest BCUT2D eigenvalue weighted by molar-refractivity contribution is 5.93. The number of aryl methyl sites for hydroxylation is 1. The molecule has 0 spiro atoms. The van der Waals surface area contributed by atoms with Crippen LogP contribution in [0.2, 0.25) is 0 Å². The lowest BCUT2D eigenvalue weighted by atomic mass is 9.94. The predicted molar refractivity (Wildman–Crippen MR) is 80.8 cm³/mol. The fraction of sp³-hybridized carbons (Fsp3) is 0.267. The van der Waals surface area contributed by atoms with E-state index >= 15 is 0 Å². The maximum atomic E-state index is 12.3. The molecule has 1 aromatic heterocycles. The number of nitriles is 1. The van der Waals surface area contributed by atoms with E-state index in [0.29, 0.717) is 10.9 Å². The van der Waals surface area contributed by atoms with Crippen molar-refractivity contribution in [2.24, 2.45) is 7.05 Å². The number of para-hydroxylation sites is 1. The summed E-state index contributed by atoms with van der Waals surface area (Å²) in [7, 11) is 1.40. The largest absolute Gasteiger partial charge is 0.465 e. The molecule has 1 aromatic carbocycles. The average molecular weight is 315 g/mol. The predicted octanol–water partition coefficient (Wildman–Crippen LogP) is 1.62. The van der Waals surface area contributed by atoms with Crippen molar-refractivity contribution in [1.29, 1.82) is 5.26 Å². The lowest BCUT2D eigenvalue weighted by Gasteiger charge is -2.14. The van der Waals surface area contributed by atoms with Gasteiger partial charge in [-0.15, -0.1) is 0 Å². The van der Waals surface area contributed by atoms with Crippen LogP contribution in [0.25, 0.3) is 10.9 Å². The second-order valence-electron chi connectivity index (χ2n) is 4.71. The lowest BCUT2D eigenvalue weighted by molar-refractivity contribution is -0.387. The van der Waals surface area contributed by atoms with Crippen LogP contribution in [0, 0.1) is 21.4 Å². The SMILES string of the molecule is CCOC(=O)[C@H](C#N)c1c([N+](=O)[O-])c(=O)n(C)c2ccccc12. The Bertz CT molecular complexity index is 894. The van der Waals surface area contributed by atoms with E-state index in [1.54, 1.807) is 31.2 Å². The maximum absolute atomic E-state index is 12.3. The molecule has 0 unspecified atom stereocenters. The maximum Gasteiger partial charge on any atom is 0.339 e. The first-order chi connectivity index (χ1) is 10.9. The Balaban J connectivity index is 2.95. The van der Waals surface area contributed by atoms with Crippen LogP contribution in [0.5, 0.6) is 0 Å². The lowest BCUT2D eigenvalue weighted by Crippen LogP contribution is -2.25. The quantitative estimate of drug-likeness (QED) is 0.481. The summed E-state index contributed by atoms with van der Waals surface area (Å²) in [6.45, 7) is 1.58. The van der Waals surface area contributed by atoms with Gasteiger partial charge in [-0.05, 0) is 13.0 Å². The first-order valence-corrected chi connectivity index (χ1v) is 6.76. The molecule has 0 N–H and O–H groups in total. The van der Waals surface area contributed by atoms with Gasteiger partial charge in [0.2, 0.25) is 0 Å². The molecular weight excluding hydrogens is 302 g/mol.